The summed E-state index contributed by atoms with van der Waals surface area (Å²) >= 11 is 0. The zero-order valence-electron chi connectivity index (χ0n) is 12.5. The van der Waals surface area contributed by atoms with Crippen LogP contribution in [0.25, 0.3) is 0 Å². The fraction of sp³-hybridized carbons (Fsp3) is 0.467. The maximum absolute atomic E-state index is 12.8. The first kappa shape index (κ1) is 16.9. The first-order valence-corrected chi connectivity index (χ1v) is 6.75. The molecule has 1 rings (SSSR count). The van der Waals surface area contributed by atoms with Gasteiger partial charge in [0.1, 0.15) is 18.1 Å². The van der Waals surface area contributed by atoms with Crippen LogP contribution in [0.5, 0.6) is 5.75 Å². The predicted molar refractivity (Wildman–Crippen MR) is 75.4 cm³/mol. The van der Waals surface area contributed by atoms with Gasteiger partial charge in [-0.3, -0.25) is 9.59 Å². The Labute approximate surface area is 123 Å². The van der Waals surface area contributed by atoms with E-state index >= 15 is 0 Å². The first-order chi connectivity index (χ1) is 9.97. The van der Waals surface area contributed by atoms with Gasteiger partial charge in [0, 0.05) is 6.54 Å². The molecule has 0 fully saturated rings. The van der Waals surface area contributed by atoms with Crippen molar-refractivity contribution in [1.29, 1.82) is 0 Å². The van der Waals surface area contributed by atoms with Crippen LogP contribution in [0.2, 0.25) is 0 Å². The molecule has 1 atom stereocenters. The highest BCUT2D eigenvalue weighted by Gasteiger charge is 2.23. The van der Waals surface area contributed by atoms with E-state index < -0.39 is 12.1 Å². The van der Waals surface area contributed by atoms with E-state index in [1.165, 1.54) is 36.3 Å². The van der Waals surface area contributed by atoms with E-state index in [0.717, 1.165) is 0 Å². The van der Waals surface area contributed by atoms with Gasteiger partial charge >= 0.3 is 5.97 Å². The molecule has 1 aromatic carbocycles. The number of rotatable bonds is 7. The monoisotopic (exact) mass is 297 g/mol. The summed E-state index contributed by atoms with van der Waals surface area (Å²) in [5, 5.41) is 0. The smallest absolute Gasteiger partial charge is 0.325 e. The minimum atomic E-state index is -0.772. The molecule has 0 aliphatic carbocycles. The van der Waals surface area contributed by atoms with Gasteiger partial charge in [0.15, 0.2) is 6.10 Å². The Balaban J connectivity index is 2.68. The van der Waals surface area contributed by atoms with Crippen LogP contribution >= 0.6 is 0 Å². The molecule has 0 aliphatic rings. The average Bonchev–Trinajstić information content (AvgIpc) is 2.48. The Morgan fingerprint density at radius 1 is 1.29 bits per heavy atom. The molecule has 0 heterocycles. The zero-order chi connectivity index (χ0) is 15.8. The summed E-state index contributed by atoms with van der Waals surface area (Å²) in [6.07, 6.45) is -0.0573. The maximum Gasteiger partial charge on any atom is 0.325 e. The Morgan fingerprint density at radius 2 is 1.90 bits per heavy atom. The Hall–Kier alpha value is -2.11. The van der Waals surface area contributed by atoms with Crippen molar-refractivity contribution < 1.29 is 23.5 Å². The van der Waals surface area contributed by atoms with Crippen molar-refractivity contribution in [2.24, 2.45) is 0 Å². The topological polar surface area (TPSA) is 55.8 Å². The highest BCUT2D eigenvalue weighted by molar-refractivity contribution is 5.85. The second-order valence-corrected chi connectivity index (χ2v) is 4.55. The largest absolute Gasteiger partial charge is 0.481 e. The molecule has 1 unspecified atom stereocenters. The summed E-state index contributed by atoms with van der Waals surface area (Å²) in [7, 11) is 1.27. The molecule has 1 amide bonds. The van der Waals surface area contributed by atoms with Crippen LogP contribution in [0.3, 0.4) is 0 Å². The molecule has 0 spiro atoms. The summed E-state index contributed by atoms with van der Waals surface area (Å²) in [5.74, 6) is -0.774. The van der Waals surface area contributed by atoms with E-state index in [2.05, 4.69) is 4.74 Å². The summed E-state index contributed by atoms with van der Waals surface area (Å²) < 4.78 is 22.8. The van der Waals surface area contributed by atoms with Gasteiger partial charge in [0.25, 0.3) is 5.91 Å². The maximum atomic E-state index is 12.8. The third kappa shape index (κ3) is 5.41. The summed E-state index contributed by atoms with van der Waals surface area (Å²) in [6.45, 7) is 3.82. The number of hydrogen-bond donors (Lipinski definition) is 0. The Bertz CT molecular complexity index is 475. The molecule has 116 valence electrons. The Morgan fingerprint density at radius 3 is 2.43 bits per heavy atom. The molecule has 6 heteroatoms. The molecule has 0 saturated carbocycles. The van der Waals surface area contributed by atoms with Crippen molar-refractivity contribution in [2.45, 2.75) is 26.4 Å². The third-order valence-electron chi connectivity index (χ3n) is 2.83. The molecule has 0 radical (unpaired) electrons. The lowest BCUT2D eigenvalue weighted by Gasteiger charge is -2.24. The number of benzene rings is 1. The average molecular weight is 297 g/mol. The lowest BCUT2D eigenvalue weighted by molar-refractivity contribution is -0.149. The number of amides is 1. The molecule has 0 aromatic heterocycles. The van der Waals surface area contributed by atoms with Gasteiger partial charge in [-0.1, -0.05) is 6.92 Å². The van der Waals surface area contributed by atoms with Crippen molar-refractivity contribution >= 4 is 11.9 Å². The van der Waals surface area contributed by atoms with Crippen LogP contribution in [0, 0.1) is 5.82 Å². The number of carbonyl (C=O) groups is 2. The van der Waals surface area contributed by atoms with Crippen LogP contribution in [0.15, 0.2) is 24.3 Å². The number of methoxy groups -OCH3 is 1. The summed E-state index contributed by atoms with van der Waals surface area (Å²) in [5.41, 5.74) is 0. The zero-order valence-corrected chi connectivity index (χ0v) is 12.5. The molecule has 5 nitrogen and oxygen atoms in total. The van der Waals surface area contributed by atoms with Crippen LogP contribution < -0.4 is 4.74 Å². The second kappa shape index (κ2) is 8.24. The summed E-state index contributed by atoms with van der Waals surface area (Å²) in [4.78, 5) is 25.0. The lowest BCUT2D eigenvalue weighted by atomic mass is 10.3. The van der Waals surface area contributed by atoms with Crippen molar-refractivity contribution in [2.75, 3.05) is 20.2 Å². The SMILES string of the molecule is CCCN(CC(=O)OC)C(=O)C(C)Oc1ccc(F)cc1. The van der Waals surface area contributed by atoms with Gasteiger partial charge in [-0.05, 0) is 37.6 Å². The number of nitrogens with zero attached hydrogens (tertiary/aromatic N) is 1. The summed E-state index contributed by atoms with van der Waals surface area (Å²) in [6, 6.07) is 5.41. The quantitative estimate of drug-likeness (QED) is 0.722. The number of hydrogen-bond acceptors (Lipinski definition) is 4. The Kier molecular flexibility index (Phi) is 6.65. The van der Waals surface area contributed by atoms with Gasteiger partial charge in [-0.15, -0.1) is 0 Å². The number of esters is 1. The van der Waals surface area contributed by atoms with E-state index in [1.54, 1.807) is 6.92 Å². The number of ether oxygens (including phenoxy) is 2. The van der Waals surface area contributed by atoms with E-state index in [9.17, 15) is 14.0 Å². The minimum Gasteiger partial charge on any atom is -0.481 e. The van der Waals surface area contributed by atoms with E-state index in [4.69, 9.17) is 4.74 Å². The minimum absolute atomic E-state index is 0.111. The standard InChI is InChI=1S/C15H20FNO4/c1-4-9-17(10-14(18)20-3)15(19)11(2)21-13-7-5-12(16)6-8-13/h5-8,11H,4,9-10H2,1-3H3. The van der Waals surface area contributed by atoms with Crippen molar-refractivity contribution in [3.05, 3.63) is 30.1 Å². The van der Waals surface area contributed by atoms with Crippen LogP contribution in [0.1, 0.15) is 20.3 Å². The molecule has 0 saturated heterocycles. The normalized spacial score (nSPS) is 11.6. The molecular weight excluding hydrogens is 277 g/mol. The number of carbonyl (C=O) groups excluding carboxylic acids is 2. The molecular formula is C15H20FNO4. The second-order valence-electron chi connectivity index (χ2n) is 4.55. The molecule has 1 aromatic rings. The van der Waals surface area contributed by atoms with Crippen molar-refractivity contribution in [1.82, 2.24) is 4.90 Å². The van der Waals surface area contributed by atoms with Crippen molar-refractivity contribution in [3.8, 4) is 5.75 Å². The fourth-order valence-electron chi connectivity index (χ4n) is 1.78. The highest BCUT2D eigenvalue weighted by Crippen LogP contribution is 2.14. The van der Waals surface area contributed by atoms with Crippen LogP contribution in [-0.2, 0) is 14.3 Å². The van der Waals surface area contributed by atoms with Gasteiger partial charge in [-0.25, -0.2) is 4.39 Å². The van der Waals surface area contributed by atoms with Crippen LogP contribution in [-0.4, -0.2) is 43.1 Å². The van der Waals surface area contributed by atoms with E-state index in [0.29, 0.717) is 18.7 Å². The van der Waals surface area contributed by atoms with E-state index in [1.807, 2.05) is 6.92 Å². The first-order valence-electron chi connectivity index (χ1n) is 6.75. The van der Waals surface area contributed by atoms with Gasteiger partial charge in [-0.2, -0.15) is 0 Å². The van der Waals surface area contributed by atoms with Crippen molar-refractivity contribution in [3.63, 3.8) is 0 Å². The highest BCUT2D eigenvalue weighted by atomic mass is 19.1. The molecule has 21 heavy (non-hydrogen) atoms. The van der Waals surface area contributed by atoms with Gasteiger partial charge in [0.05, 0.1) is 7.11 Å². The molecule has 0 aliphatic heterocycles. The van der Waals surface area contributed by atoms with Gasteiger partial charge < -0.3 is 14.4 Å². The third-order valence-corrected chi connectivity index (χ3v) is 2.83. The predicted octanol–water partition coefficient (Wildman–Crippen LogP) is 2.00. The van der Waals surface area contributed by atoms with E-state index in [-0.39, 0.29) is 18.3 Å². The van der Waals surface area contributed by atoms with Gasteiger partial charge in [0.2, 0.25) is 0 Å². The molecule has 0 bridgehead atoms. The fourth-order valence-corrected chi connectivity index (χ4v) is 1.78. The van der Waals surface area contributed by atoms with Crippen LogP contribution in [0.4, 0.5) is 4.39 Å². The molecule has 0 N–H and O–H groups in total. The number of halogens is 1. The lowest BCUT2D eigenvalue weighted by Crippen LogP contribution is -2.43.